The molecule has 0 bridgehead atoms. The van der Waals surface area contributed by atoms with Crippen LogP contribution in [0.2, 0.25) is 0 Å². The molecular weight excluding hydrogens is 266 g/mol. The topological polar surface area (TPSA) is 55.4 Å². The minimum atomic E-state index is -0.228. The number of carbonyl (C=O) groups is 2. The van der Waals surface area contributed by atoms with Crippen LogP contribution in [-0.2, 0) is 14.3 Å². The lowest BCUT2D eigenvalue weighted by atomic mass is 10.1. The second-order valence-electron chi connectivity index (χ2n) is 5.81. The van der Waals surface area contributed by atoms with Gasteiger partial charge in [-0.3, -0.25) is 9.59 Å². The molecule has 0 aliphatic carbocycles. The Kier molecular flexibility index (Phi) is 9.42. The molecule has 4 heteroatoms. The molecule has 1 amide bonds. The number of esters is 1. The average Bonchev–Trinajstić information content (AvgIpc) is 2.39. The highest BCUT2D eigenvalue weighted by atomic mass is 16.5. The smallest absolute Gasteiger partial charge is 0.310 e. The Morgan fingerprint density at radius 3 is 2.38 bits per heavy atom. The molecule has 1 N–H and O–H groups in total. The molecule has 0 aromatic rings. The van der Waals surface area contributed by atoms with Crippen molar-refractivity contribution < 1.29 is 14.3 Å². The van der Waals surface area contributed by atoms with Crippen molar-refractivity contribution in [3.05, 3.63) is 23.8 Å². The van der Waals surface area contributed by atoms with Gasteiger partial charge in [-0.05, 0) is 20.3 Å². The van der Waals surface area contributed by atoms with Crippen molar-refractivity contribution in [3.63, 3.8) is 0 Å². The first-order chi connectivity index (χ1) is 9.76. The van der Waals surface area contributed by atoms with Crippen molar-refractivity contribution >= 4 is 11.9 Å². The van der Waals surface area contributed by atoms with Gasteiger partial charge in [0.25, 0.3) is 0 Å². The Morgan fingerprint density at radius 2 is 1.90 bits per heavy atom. The summed E-state index contributed by atoms with van der Waals surface area (Å²) in [6, 6.07) is 0. The lowest BCUT2D eigenvalue weighted by Crippen LogP contribution is -2.29. The predicted molar refractivity (Wildman–Crippen MR) is 85.8 cm³/mol. The number of hydrogen-bond acceptors (Lipinski definition) is 3. The van der Waals surface area contributed by atoms with Crippen molar-refractivity contribution in [1.29, 1.82) is 0 Å². The SMILES string of the molecule is C=C(C)CC(=O)OC(CC)C/C=C(\C)CNC(=O)C(C)C. The summed E-state index contributed by atoms with van der Waals surface area (Å²) in [6.45, 7) is 13.7. The molecule has 0 saturated heterocycles. The van der Waals surface area contributed by atoms with Gasteiger partial charge in [0.15, 0.2) is 0 Å². The Hall–Kier alpha value is -1.58. The van der Waals surface area contributed by atoms with Crippen LogP contribution in [0, 0.1) is 5.92 Å². The van der Waals surface area contributed by atoms with E-state index in [0.717, 1.165) is 17.6 Å². The highest BCUT2D eigenvalue weighted by Gasteiger charge is 2.12. The van der Waals surface area contributed by atoms with Crippen molar-refractivity contribution in [2.45, 2.75) is 60.0 Å². The maximum absolute atomic E-state index is 11.6. The van der Waals surface area contributed by atoms with Gasteiger partial charge < -0.3 is 10.1 Å². The summed E-state index contributed by atoms with van der Waals surface area (Å²) in [5, 5.41) is 2.86. The summed E-state index contributed by atoms with van der Waals surface area (Å²) < 4.78 is 5.39. The molecule has 0 fully saturated rings. The van der Waals surface area contributed by atoms with Crippen molar-refractivity contribution in [1.82, 2.24) is 5.32 Å². The quantitative estimate of drug-likeness (QED) is 0.524. The Labute approximate surface area is 128 Å². The van der Waals surface area contributed by atoms with Gasteiger partial charge in [-0.1, -0.05) is 44.6 Å². The molecule has 0 saturated carbocycles. The van der Waals surface area contributed by atoms with E-state index in [9.17, 15) is 9.59 Å². The molecule has 0 radical (unpaired) electrons. The highest BCUT2D eigenvalue weighted by molar-refractivity contribution is 5.78. The van der Waals surface area contributed by atoms with Crippen LogP contribution in [0.4, 0.5) is 0 Å². The predicted octanol–water partition coefficient (Wildman–Crippen LogP) is 3.38. The second kappa shape index (κ2) is 10.2. The molecule has 1 atom stereocenters. The van der Waals surface area contributed by atoms with Crippen LogP contribution in [0.5, 0.6) is 0 Å². The largest absolute Gasteiger partial charge is 0.462 e. The lowest BCUT2D eigenvalue weighted by molar-refractivity contribution is -0.148. The van der Waals surface area contributed by atoms with Gasteiger partial charge in [-0.15, -0.1) is 0 Å². The van der Waals surface area contributed by atoms with E-state index in [1.165, 1.54) is 0 Å². The third kappa shape index (κ3) is 9.88. The summed E-state index contributed by atoms with van der Waals surface area (Å²) in [6.07, 6.45) is 3.60. The van der Waals surface area contributed by atoms with Crippen LogP contribution in [0.3, 0.4) is 0 Å². The van der Waals surface area contributed by atoms with Gasteiger partial charge in [0, 0.05) is 18.9 Å². The van der Waals surface area contributed by atoms with Crippen molar-refractivity contribution in [2.75, 3.05) is 6.54 Å². The normalized spacial score (nSPS) is 13.0. The standard InChI is InChI=1S/C17H29NO3/c1-7-15(21-16(19)10-12(2)3)9-8-14(6)11-18-17(20)13(4)5/h8,13,15H,2,7,9-11H2,1,3-6H3,(H,18,20)/b14-8+. The van der Waals surface area contributed by atoms with Crippen LogP contribution < -0.4 is 5.32 Å². The summed E-state index contributed by atoms with van der Waals surface area (Å²) in [5.74, 6) is -0.194. The number of ether oxygens (including phenoxy) is 1. The number of rotatable bonds is 9. The molecule has 0 aliphatic rings. The van der Waals surface area contributed by atoms with Crippen LogP contribution in [0.15, 0.2) is 23.8 Å². The fraction of sp³-hybridized carbons (Fsp3) is 0.647. The Bertz CT molecular complexity index is 397. The van der Waals surface area contributed by atoms with Gasteiger partial charge in [0.2, 0.25) is 5.91 Å². The number of hydrogen-bond donors (Lipinski definition) is 1. The molecule has 1 unspecified atom stereocenters. The van der Waals surface area contributed by atoms with Crippen molar-refractivity contribution in [2.24, 2.45) is 5.92 Å². The Balaban J connectivity index is 4.23. The van der Waals surface area contributed by atoms with Crippen LogP contribution in [-0.4, -0.2) is 24.5 Å². The van der Waals surface area contributed by atoms with Gasteiger partial charge in [0.05, 0.1) is 6.42 Å². The van der Waals surface area contributed by atoms with Crippen LogP contribution >= 0.6 is 0 Å². The molecule has 0 spiro atoms. The second-order valence-corrected chi connectivity index (χ2v) is 5.81. The first-order valence-electron chi connectivity index (χ1n) is 7.53. The zero-order chi connectivity index (χ0) is 16.4. The minimum Gasteiger partial charge on any atom is -0.462 e. The van der Waals surface area contributed by atoms with Gasteiger partial charge >= 0.3 is 5.97 Å². The third-order valence-electron chi connectivity index (χ3n) is 2.99. The summed E-state index contributed by atoms with van der Waals surface area (Å²) in [5.41, 5.74) is 1.87. The monoisotopic (exact) mass is 295 g/mol. The maximum Gasteiger partial charge on any atom is 0.310 e. The van der Waals surface area contributed by atoms with E-state index in [4.69, 9.17) is 4.74 Å². The molecule has 21 heavy (non-hydrogen) atoms. The number of nitrogens with one attached hydrogen (secondary N) is 1. The molecule has 120 valence electrons. The summed E-state index contributed by atoms with van der Waals surface area (Å²) >= 11 is 0. The number of amides is 1. The Morgan fingerprint density at radius 1 is 1.29 bits per heavy atom. The van der Waals surface area contributed by atoms with Gasteiger partial charge in [0.1, 0.15) is 6.10 Å². The fourth-order valence-corrected chi connectivity index (χ4v) is 1.61. The molecule has 0 rings (SSSR count). The highest BCUT2D eigenvalue weighted by Crippen LogP contribution is 2.10. The van der Waals surface area contributed by atoms with Gasteiger partial charge in [-0.25, -0.2) is 0 Å². The molecule has 0 heterocycles. The van der Waals surface area contributed by atoms with E-state index in [2.05, 4.69) is 11.9 Å². The number of carbonyl (C=O) groups excluding carboxylic acids is 2. The zero-order valence-electron chi connectivity index (χ0n) is 14.0. The van der Waals surface area contributed by atoms with E-state index in [1.807, 2.05) is 40.7 Å². The molecule has 4 nitrogen and oxygen atoms in total. The van der Waals surface area contributed by atoms with Gasteiger partial charge in [-0.2, -0.15) is 0 Å². The van der Waals surface area contributed by atoms with E-state index < -0.39 is 0 Å². The molecule has 0 aromatic carbocycles. The lowest BCUT2D eigenvalue weighted by Gasteiger charge is -2.15. The maximum atomic E-state index is 11.6. The van der Waals surface area contributed by atoms with Crippen LogP contribution in [0.25, 0.3) is 0 Å². The third-order valence-corrected chi connectivity index (χ3v) is 2.99. The molecular formula is C17H29NO3. The minimum absolute atomic E-state index is 0.00992. The summed E-state index contributed by atoms with van der Waals surface area (Å²) in [7, 11) is 0. The fourth-order valence-electron chi connectivity index (χ4n) is 1.61. The molecule has 0 aliphatic heterocycles. The van der Waals surface area contributed by atoms with Crippen LogP contribution in [0.1, 0.15) is 53.9 Å². The van der Waals surface area contributed by atoms with E-state index >= 15 is 0 Å². The summed E-state index contributed by atoms with van der Waals surface area (Å²) in [4.78, 5) is 23.1. The first-order valence-corrected chi connectivity index (χ1v) is 7.53. The van der Waals surface area contributed by atoms with Crippen molar-refractivity contribution in [3.8, 4) is 0 Å². The van der Waals surface area contributed by atoms with E-state index in [-0.39, 0.29) is 30.3 Å². The average molecular weight is 295 g/mol. The first kappa shape index (κ1) is 19.4. The van der Waals surface area contributed by atoms with E-state index in [0.29, 0.717) is 13.0 Å². The zero-order valence-corrected chi connectivity index (χ0v) is 14.0. The van der Waals surface area contributed by atoms with E-state index in [1.54, 1.807) is 0 Å². The molecule has 0 aromatic heterocycles.